The number of fused-ring (bicyclic) bond motifs is 2. The first-order valence-corrected chi connectivity index (χ1v) is 4.53. The number of rotatable bonds is 1. The Morgan fingerprint density at radius 3 is 2.50 bits per heavy atom. The second-order valence-corrected chi connectivity index (χ2v) is 3.36. The molecule has 0 aliphatic carbocycles. The molecule has 0 N–H and O–H groups in total. The molecule has 1 aliphatic rings. The van der Waals surface area contributed by atoms with Gasteiger partial charge in [0.15, 0.2) is 11.5 Å². The summed E-state index contributed by atoms with van der Waals surface area (Å²) in [6.45, 7) is 3.55. The Morgan fingerprint density at radius 2 is 1.81 bits per heavy atom. The van der Waals surface area contributed by atoms with Crippen molar-refractivity contribution in [1.82, 2.24) is 0 Å². The van der Waals surface area contributed by atoms with Gasteiger partial charge in [0.2, 0.25) is 0 Å². The molecule has 0 saturated heterocycles. The van der Waals surface area contributed by atoms with Gasteiger partial charge in [-0.1, -0.05) is 6.58 Å². The molecule has 3 rings (SSSR count). The van der Waals surface area contributed by atoms with Crippen molar-refractivity contribution in [3.63, 3.8) is 0 Å². The number of hydrogen-bond donors (Lipinski definition) is 0. The molecule has 1 aliphatic heterocycles. The van der Waals surface area contributed by atoms with Gasteiger partial charge < -0.3 is 13.9 Å². The van der Waals surface area contributed by atoms with E-state index >= 15 is 0 Å². The maximum absolute atomic E-state index is 12.7. The zero-order valence-electron chi connectivity index (χ0n) is 8.00. The molecule has 0 bridgehead atoms. The van der Waals surface area contributed by atoms with Crippen molar-refractivity contribution >= 4 is 17.0 Å². The van der Waals surface area contributed by atoms with Crippen molar-refractivity contribution in [1.29, 1.82) is 0 Å². The summed E-state index contributed by atoms with van der Waals surface area (Å²) in [5.74, 6) is 0.543. The number of furan rings is 1. The Bertz CT molecular complexity index is 541. The smallest absolute Gasteiger partial charge is 0.457 e. The van der Waals surface area contributed by atoms with Crippen molar-refractivity contribution < 1.29 is 22.7 Å². The quantitative estimate of drug-likeness (QED) is 0.743. The Hall–Kier alpha value is -2.04. The standard InChI is InChI=1S/C11H6F2O3/c1-2-7-3-6-4-9-10(5-8(6)14-7)16-11(12,13)15-9/h2-5H,1H2. The average Bonchev–Trinajstić information content (AvgIpc) is 2.70. The Morgan fingerprint density at radius 1 is 1.12 bits per heavy atom. The van der Waals surface area contributed by atoms with Gasteiger partial charge in [-0.3, -0.25) is 0 Å². The van der Waals surface area contributed by atoms with Crippen LogP contribution in [0.2, 0.25) is 0 Å². The third-order valence-electron chi connectivity index (χ3n) is 2.26. The van der Waals surface area contributed by atoms with Crippen LogP contribution in [0.15, 0.2) is 29.2 Å². The Balaban J connectivity index is 2.18. The lowest BCUT2D eigenvalue weighted by Gasteiger charge is -2.04. The van der Waals surface area contributed by atoms with E-state index in [1.165, 1.54) is 18.2 Å². The van der Waals surface area contributed by atoms with Crippen molar-refractivity contribution in [2.45, 2.75) is 6.29 Å². The van der Waals surface area contributed by atoms with Gasteiger partial charge in [-0.2, -0.15) is 0 Å². The highest BCUT2D eigenvalue weighted by Gasteiger charge is 2.43. The molecule has 0 amide bonds. The van der Waals surface area contributed by atoms with Gasteiger partial charge in [0.1, 0.15) is 11.3 Å². The molecule has 0 atom stereocenters. The van der Waals surface area contributed by atoms with E-state index in [1.54, 1.807) is 6.07 Å². The van der Waals surface area contributed by atoms with Gasteiger partial charge >= 0.3 is 6.29 Å². The molecular weight excluding hydrogens is 218 g/mol. The maximum atomic E-state index is 12.7. The molecule has 0 saturated carbocycles. The highest BCUT2D eigenvalue weighted by Crippen LogP contribution is 2.43. The fourth-order valence-electron chi connectivity index (χ4n) is 1.60. The highest BCUT2D eigenvalue weighted by atomic mass is 19.3. The van der Waals surface area contributed by atoms with Crippen LogP contribution in [-0.2, 0) is 0 Å². The van der Waals surface area contributed by atoms with Crippen LogP contribution in [0.5, 0.6) is 11.5 Å². The fourth-order valence-corrected chi connectivity index (χ4v) is 1.60. The van der Waals surface area contributed by atoms with Crippen molar-refractivity contribution in [2.75, 3.05) is 0 Å². The molecule has 2 aromatic rings. The van der Waals surface area contributed by atoms with E-state index in [9.17, 15) is 8.78 Å². The van der Waals surface area contributed by atoms with E-state index in [-0.39, 0.29) is 11.5 Å². The van der Waals surface area contributed by atoms with E-state index in [0.717, 1.165) is 0 Å². The molecule has 0 fully saturated rings. The minimum atomic E-state index is -3.59. The molecule has 16 heavy (non-hydrogen) atoms. The van der Waals surface area contributed by atoms with Crippen LogP contribution in [0, 0.1) is 0 Å². The predicted octanol–water partition coefficient (Wildman–Crippen LogP) is 3.40. The second kappa shape index (κ2) is 2.75. The third kappa shape index (κ3) is 1.25. The molecular formula is C11H6F2O3. The molecule has 0 unspecified atom stereocenters. The highest BCUT2D eigenvalue weighted by molar-refractivity contribution is 5.83. The lowest BCUT2D eigenvalue weighted by Crippen LogP contribution is -2.25. The largest absolute Gasteiger partial charge is 0.586 e. The summed E-state index contributed by atoms with van der Waals surface area (Å²) in [6, 6.07) is 4.50. The molecule has 5 heteroatoms. The van der Waals surface area contributed by atoms with Crippen molar-refractivity contribution in [3.05, 3.63) is 30.5 Å². The molecule has 3 nitrogen and oxygen atoms in total. The average molecular weight is 224 g/mol. The summed E-state index contributed by atoms with van der Waals surface area (Å²) in [5.41, 5.74) is 0.454. The molecule has 1 aromatic carbocycles. The van der Waals surface area contributed by atoms with Gasteiger partial charge in [-0.25, -0.2) is 0 Å². The van der Waals surface area contributed by atoms with Crippen LogP contribution in [0.4, 0.5) is 8.78 Å². The van der Waals surface area contributed by atoms with Crippen molar-refractivity contribution in [3.8, 4) is 11.5 Å². The van der Waals surface area contributed by atoms with Crippen LogP contribution in [0.3, 0.4) is 0 Å². The van der Waals surface area contributed by atoms with E-state index in [0.29, 0.717) is 16.7 Å². The minimum Gasteiger partial charge on any atom is -0.457 e. The molecule has 1 aromatic heterocycles. The first kappa shape index (κ1) is 9.21. The van der Waals surface area contributed by atoms with Gasteiger partial charge in [-0.05, 0) is 18.2 Å². The SMILES string of the molecule is C=Cc1cc2cc3c(cc2o1)OC(F)(F)O3. The zero-order valence-corrected chi connectivity index (χ0v) is 8.00. The first-order chi connectivity index (χ1) is 7.57. The lowest BCUT2D eigenvalue weighted by atomic mass is 10.2. The maximum Gasteiger partial charge on any atom is 0.586 e. The topological polar surface area (TPSA) is 31.6 Å². The number of ether oxygens (including phenoxy) is 2. The third-order valence-corrected chi connectivity index (χ3v) is 2.26. The summed E-state index contributed by atoms with van der Waals surface area (Å²) in [6.07, 6.45) is -2.07. The molecule has 0 radical (unpaired) electrons. The normalized spacial score (nSPS) is 16.6. The van der Waals surface area contributed by atoms with Gasteiger partial charge in [0, 0.05) is 11.5 Å². The predicted molar refractivity (Wildman–Crippen MR) is 52.5 cm³/mol. The Kier molecular flexibility index (Phi) is 1.58. The van der Waals surface area contributed by atoms with Crippen molar-refractivity contribution in [2.24, 2.45) is 0 Å². The van der Waals surface area contributed by atoms with E-state index in [4.69, 9.17) is 4.42 Å². The number of benzene rings is 1. The van der Waals surface area contributed by atoms with Crippen LogP contribution in [-0.4, -0.2) is 6.29 Å². The zero-order chi connectivity index (χ0) is 11.3. The van der Waals surface area contributed by atoms with Crippen LogP contribution in [0.25, 0.3) is 17.0 Å². The van der Waals surface area contributed by atoms with Crippen LogP contribution >= 0.6 is 0 Å². The second-order valence-electron chi connectivity index (χ2n) is 3.36. The van der Waals surface area contributed by atoms with E-state index < -0.39 is 6.29 Å². The number of halogens is 2. The van der Waals surface area contributed by atoms with Crippen LogP contribution in [0.1, 0.15) is 5.76 Å². The minimum absolute atomic E-state index is 0.00825. The summed E-state index contributed by atoms with van der Waals surface area (Å²) in [4.78, 5) is 0. The number of hydrogen-bond acceptors (Lipinski definition) is 3. The molecule has 2 heterocycles. The molecule has 0 spiro atoms. The first-order valence-electron chi connectivity index (χ1n) is 4.53. The summed E-state index contributed by atoms with van der Waals surface area (Å²) in [7, 11) is 0. The lowest BCUT2D eigenvalue weighted by molar-refractivity contribution is -0.286. The summed E-state index contributed by atoms with van der Waals surface area (Å²) in [5, 5.41) is 0.662. The van der Waals surface area contributed by atoms with Gasteiger partial charge in [-0.15, -0.1) is 8.78 Å². The molecule has 82 valence electrons. The fraction of sp³-hybridized carbons (Fsp3) is 0.0909. The number of alkyl halides is 2. The van der Waals surface area contributed by atoms with E-state index in [1.807, 2.05) is 0 Å². The van der Waals surface area contributed by atoms with Crippen LogP contribution < -0.4 is 9.47 Å². The summed E-state index contributed by atoms with van der Waals surface area (Å²) < 4.78 is 39.4. The van der Waals surface area contributed by atoms with E-state index in [2.05, 4.69) is 16.1 Å². The monoisotopic (exact) mass is 224 g/mol. The Labute approximate surface area is 88.9 Å². The summed E-state index contributed by atoms with van der Waals surface area (Å²) >= 11 is 0. The van der Waals surface area contributed by atoms with Gasteiger partial charge in [0.05, 0.1) is 0 Å². The van der Waals surface area contributed by atoms with Gasteiger partial charge in [0.25, 0.3) is 0 Å².